The third kappa shape index (κ3) is 27.2. The lowest BCUT2D eigenvalue weighted by atomic mass is 9.89. The minimum atomic E-state index is -0.706. The molecule has 0 aliphatic rings. The summed E-state index contributed by atoms with van der Waals surface area (Å²) in [4.78, 5) is 82.5. The number of carbonyl (C=O) groups is 6. The first kappa shape index (κ1) is 63.1. The minimum absolute atomic E-state index is 0.0169. The average Bonchev–Trinajstić information content (AvgIpc) is 3.19. The molecular weight excluding hydrogens is 1490 g/mol. The van der Waals surface area contributed by atoms with E-state index in [4.69, 9.17) is 28.4 Å². The Balaban J connectivity index is 7.28. The van der Waals surface area contributed by atoms with Crippen molar-refractivity contribution in [3.05, 3.63) is 0 Å². The molecule has 9 atom stereocenters. The van der Waals surface area contributed by atoms with Crippen molar-refractivity contribution < 1.29 is 57.2 Å². The first-order valence-electron chi connectivity index (χ1n) is 20.9. The minimum Gasteiger partial charge on any atom is -0.464 e. The van der Waals surface area contributed by atoms with Crippen molar-refractivity contribution in [2.45, 2.75) is 142 Å². The fraction of sp³-hybridized carbons (Fsp3) is 0.854. The number of rotatable bonds is 33. The molecule has 362 valence electrons. The fourth-order valence-corrected chi connectivity index (χ4v) is 7.35. The van der Waals surface area contributed by atoms with Crippen LogP contribution in [0.25, 0.3) is 0 Å². The summed E-state index contributed by atoms with van der Waals surface area (Å²) in [6.07, 6.45) is 2.69. The normalized spacial score (nSPS) is 16.3. The standard InChI is InChI=1S/C41H69I6N3O12/c1-11-12-13-49(16-20-59-37(53)29(5)44)34(25-62-40(56)32(8)47)23-41(9,10)50(17-21-60-38(54)30(6)45)33(24-61-39(55)31(7)46)22-26(2)48(14-18-57-35(51)27(3)42)15-19-58-36(52)28(4)43/h26-34H,11-25H2,1-10H3. The van der Waals surface area contributed by atoms with Crippen molar-refractivity contribution in [3.63, 3.8) is 0 Å². The Morgan fingerprint density at radius 3 is 1.15 bits per heavy atom. The van der Waals surface area contributed by atoms with E-state index in [-0.39, 0.29) is 114 Å². The second-order valence-corrected chi connectivity index (χ2v) is 26.9. The lowest BCUT2D eigenvalue weighted by Crippen LogP contribution is -2.58. The van der Waals surface area contributed by atoms with E-state index in [2.05, 4.69) is 35.5 Å². The third-order valence-electron chi connectivity index (χ3n) is 9.73. The number of hydrogen-bond donors (Lipinski definition) is 0. The van der Waals surface area contributed by atoms with Crippen molar-refractivity contribution in [2.75, 3.05) is 72.4 Å². The molecule has 0 saturated heterocycles. The molecule has 62 heavy (non-hydrogen) atoms. The van der Waals surface area contributed by atoms with Crippen LogP contribution in [0.1, 0.15) is 94.9 Å². The maximum atomic E-state index is 13.1. The van der Waals surface area contributed by atoms with E-state index in [1.54, 1.807) is 41.5 Å². The third-order valence-corrected chi connectivity index (χ3v) is 12.8. The van der Waals surface area contributed by atoms with Crippen molar-refractivity contribution in [3.8, 4) is 0 Å². The Kier molecular flexibility index (Phi) is 35.0. The number of ether oxygens (including phenoxy) is 6. The van der Waals surface area contributed by atoms with E-state index in [0.717, 1.165) is 12.8 Å². The lowest BCUT2D eigenvalue weighted by Gasteiger charge is -2.47. The van der Waals surface area contributed by atoms with Gasteiger partial charge in [0.15, 0.2) is 0 Å². The zero-order valence-corrected chi connectivity index (χ0v) is 50.8. The van der Waals surface area contributed by atoms with Crippen LogP contribution in [-0.2, 0) is 57.2 Å². The fourth-order valence-electron chi connectivity index (χ4n) is 6.27. The van der Waals surface area contributed by atoms with E-state index < -0.39 is 15.5 Å². The van der Waals surface area contributed by atoms with Crippen LogP contribution >= 0.6 is 136 Å². The monoisotopic (exact) mass is 1560 g/mol. The highest BCUT2D eigenvalue weighted by molar-refractivity contribution is 14.1. The van der Waals surface area contributed by atoms with Gasteiger partial charge in [0.25, 0.3) is 0 Å². The van der Waals surface area contributed by atoms with E-state index in [1.165, 1.54) is 0 Å². The predicted octanol–water partition coefficient (Wildman–Crippen LogP) is 7.58. The number of carbonyl (C=O) groups excluding carboxylic acids is 6. The molecule has 0 fully saturated rings. The summed E-state index contributed by atoms with van der Waals surface area (Å²) >= 11 is 12.1. The van der Waals surface area contributed by atoms with E-state index >= 15 is 0 Å². The first-order chi connectivity index (χ1) is 28.9. The average molecular weight is 1560 g/mol. The highest BCUT2D eigenvalue weighted by Gasteiger charge is 2.39. The molecule has 0 rings (SSSR count). The van der Waals surface area contributed by atoms with Gasteiger partial charge in [-0.3, -0.25) is 43.5 Å². The molecule has 0 saturated carbocycles. The predicted molar refractivity (Wildman–Crippen MR) is 292 cm³/mol. The largest absolute Gasteiger partial charge is 0.464 e. The van der Waals surface area contributed by atoms with Gasteiger partial charge in [-0.05, 0) is 88.1 Å². The van der Waals surface area contributed by atoms with Crippen LogP contribution in [0.2, 0.25) is 0 Å². The molecule has 0 aliphatic heterocycles. The molecular formula is C41H69I6N3O12. The van der Waals surface area contributed by atoms with Crippen LogP contribution in [-0.4, -0.2) is 170 Å². The molecule has 0 aromatic carbocycles. The van der Waals surface area contributed by atoms with Gasteiger partial charge < -0.3 is 28.4 Å². The topological polar surface area (TPSA) is 168 Å². The lowest BCUT2D eigenvalue weighted by molar-refractivity contribution is -0.147. The summed E-state index contributed by atoms with van der Waals surface area (Å²) in [7, 11) is 0. The molecule has 0 N–H and O–H groups in total. The molecule has 0 radical (unpaired) electrons. The van der Waals surface area contributed by atoms with Gasteiger partial charge >= 0.3 is 35.8 Å². The summed E-state index contributed by atoms with van der Waals surface area (Å²) in [5, 5.41) is 0. The number of alkyl halides is 6. The highest BCUT2D eigenvalue weighted by Crippen LogP contribution is 2.29. The van der Waals surface area contributed by atoms with Crippen LogP contribution < -0.4 is 0 Å². The SMILES string of the molecule is CCCCN(CCOC(=O)C(C)I)C(COC(=O)C(C)I)CC(C)(C)N(CCOC(=O)C(C)I)C(COC(=O)C(C)I)CC(C)N(CCOC(=O)C(C)I)CCOC(=O)C(C)I. The maximum Gasteiger partial charge on any atom is 0.318 e. The van der Waals surface area contributed by atoms with Crippen LogP contribution in [0.4, 0.5) is 0 Å². The Morgan fingerprint density at radius 2 is 0.790 bits per heavy atom. The summed E-state index contributed by atoms with van der Waals surface area (Å²) in [6, 6.07) is -0.962. The molecule has 0 bridgehead atoms. The van der Waals surface area contributed by atoms with Crippen LogP contribution in [0.5, 0.6) is 0 Å². The maximum absolute atomic E-state index is 13.1. The Morgan fingerprint density at radius 1 is 0.468 bits per heavy atom. The van der Waals surface area contributed by atoms with Gasteiger partial charge in [-0.25, -0.2) is 0 Å². The molecule has 21 heteroatoms. The molecule has 0 heterocycles. The summed E-state index contributed by atoms with van der Waals surface area (Å²) in [5.74, 6) is -2.03. The van der Waals surface area contributed by atoms with Gasteiger partial charge in [0.05, 0.1) is 0 Å². The smallest absolute Gasteiger partial charge is 0.318 e. The number of unbranched alkanes of at least 4 members (excludes halogenated alkanes) is 1. The summed E-state index contributed by atoms with van der Waals surface area (Å²) in [6.45, 7) is 21.5. The summed E-state index contributed by atoms with van der Waals surface area (Å²) in [5.41, 5.74) is -0.706. The second kappa shape index (κ2) is 34.4. The van der Waals surface area contributed by atoms with Gasteiger partial charge in [-0.2, -0.15) is 0 Å². The molecule has 0 aromatic rings. The zero-order valence-electron chi connectivity index (χ0n) is 37.8. The van der Waals surface area contributed by atoms with Crippen molar-refractivity contribution in [2.24, 2.45) is 0 Å². The molecule has 0 amide bonds. The van der Waals surface area contributed by atoms with Gasteiger partial charge in [0, 0.05) is 49.8 Å². The second-order valence-electron chi connectivity index (χ2n) is 15.7. The van der Waals surface area contributed by atoms with Crippen molar-refractivity contribution >= 4 is 171 Å². The van der Waals surface area contributed by atoms with E-state index in [1.807, 2.05) is 142 Å². The number of esters is 6. The first-order valence-corrected chi connectivity index (χ1v) is 28.4. The quantitative estimate of drug-likeness (QED) is 0.0273. The van der Waals surface area contributed by atoms with Crippen LogP contribution in [0, 0.1) is 0 Å². The molecule has 0 aliphatic carbocycles. The van der Waals surface area contributed by atoms with E-state index in [9.17, 15) is 28.8 Å². The highest BCUT2D eigenvalue weighted by atomic mass is 127. The number of hydrogen-bond acceptors (Lipinski definition) is 15. The molecule has 0 aromatic heterocycles. The number of halogens is 6. The Hall–Kier alpha value is 1.08. The molecule has 0 spiro atoms. The summed E-state index contributed by atoms with van der Waals surface area (Å²) < 4.78 is 32.3. The molecule has 15 nitrogen and oxygen atoms in total. The van der Waals surface area contributed by atoms with Gasteiger partial charge in [0.2, 0.25) is 0 Å². The zero-order chi connectivity index (χ0) is 47.7. The molecule has 9 unspecified atom stereocenters. The number of nitrogens with zero attached hydrogens (tertiary/aromatic N) is 3. The van der Waals surface area contributed by atoms with Gasteiger partial charge in [0.1, 0.15) is 63.2 Å². The van der Waals surface area contributed by atoms with Crippen LogP contribution in [0.15, 0.2) is 0 Å². The van der Waals surface area contributed by atoms with Crippen molar-refractivity contribution in [1.82, 2.24) is 14.7 Å². The van der Waals surface area contributed by atoms with Gasteiger partial charge in [-0.1, -0.05) is 149 Å². The van der Waals surface area contributed by atoms with Crippen LogP contribution in [0.3, 0.4) is 0 Å². The van der Waals surface area contributed by atoms with E-state index in [0.29, 0.717) is 39.0 Å². The Labute approximate surface area is 452 Å². The van der Waals surface area contributed by atoms with Gasteiger partial charge in [-0.15, -0.1) is 0 Å². The Bertz CT molecular complexity index is 1330. The van der Waals surface area contributed by atoms with Crippen molar-refractivity contribution in [1.29, 1.82) is 0 Å².